The lowest BCUT2D eigenvalue weighted by Crippen LogP contribution is -2.22. The van der Waals surface area contributed by atoms with E-state index in [2.05, 4.69) is 5.32 Å². The molecule has 1 aromatic carbocycles. The molecule has 1 amide bonds. The first-order valence-electron chi connectivity index (χ1n) is 5.18. The normalized spacial score (nSPS) is 19.3. The maximum absolute atomic E-state index is 11.9. The van der Waals surface area contributed by atoms with Gasteiger partial charge in [-0.2, -0.15) is 0 Å². The number of thioether (sulfide) groups is 1. The van der Waals surface area contributed by atoms with Gasteiger partial charge in [0.15, 0.2) is 5.75 Å². The molecular weight excluding hydrogens is 281 g/mol. The second-order valence-electron chi connectivity index (χ2n) is 3.77. The molecule has 1 atom stereocenters. The maximum atomic E-state index is 11.9. The average Bonchev–Trinajstić information content (AvgIpc) is 2.78. The Labute approximate surface area is 113 Å². The summed E-state index contributed by atoms with van der Waals surface area (Å²) < 4.78 is 0. The van der Waals surface area contributed by atoms with Crippen molar-refractivity contribution in [3.8, 4) is 5.75 Å². The number of aromatic hydroxyl groups is 1. The van der Waals surface area contributed by atoms with Crippen LogP contribution >= 0.6 is 35.0 Å². The van der Waals surface area contributed by atoms with Gasteiger partial charge in [0.1, 0.15) is 0 Å². The molecule has 3 nitrogen and oxygen atoms in total. The predicted molar refractivity (Wildman–Crippen MR) is 72.2 cm³/mol. The van der Waals surface area contributed by atoms with Gasteiger partial charge in [-0.05, 0) is 30.7 Å². The van der Waals surface area contributed by atoms with Crippen LogP contribution in [0.3, 0.4) is 0 Å². The fourth-order valence-corrected chi connectivity index (χ4v) is 3.31. The van der Waals surface area contributed by atoms with Crippen LogP contribution in [-0.2, 0) is 4.79 Å². The van der Waals surface area contributed by atoms with Gasteiger partial charge < -0.3 is 10.4 Å². The third-order valence-electron chi connectivity index (χ3n) is 2.51. The number of carbonyl (C=O) groups is 1. The number of anilines is 1. The summed E-state index contributed by atoms with van der Waals surface area (Å²) in [4.78, 5) is 11.9. The fourth-order valence-electron chi connectivity index (χ4n) is 1.66. The van der Waals surface area contributed by atoms with E-state index in [1.807, 2.05) is 0 Å². The molecule has 0 spiro atoms. The third-order valence-corrected chi connectivity index (χ3v) is 4.39. The molecule has 2 rings (SSSR count). The van der Waals surface area contributed by atoms with E-state index in [4.69, 9.17) is 23.2 Å². The topological polar surface area (TPSA) is 49.3 Å². The highest BCUT2D eigenvalue weighted by atomic mass is 35.5. The van der Waals surface area contributed by atoms with Gasteiger partial charge in [-0.25, -0.2) is 0 Å². The second-order valence-corrected chi connectivity index (χ2v) is 5.93. The van der Waals surface area contributed by atoms with Crippen LogP contribution in [0.5, 0.6) is 5.75 Å². The lowest BCUT2D eigenvalue weighted by molar-refractivity contribution is -0.115. The van der Waals surface area contributed by atoms with E-state index in [1.54, 1.807) is 11.8 Å². The van der Waals surface area contributed by atoms with E-state index in [-0.39, 0.29) is 27.6 Å². The summed E-state index contributed by atoms with van der Waals surface area (Å²) in [5.41, 5.74) is 0.264. The van der Waals surface area contributed by atoms with Crippen LogP contribution in [0.1, 0.15) is 12.8 Å². The number of rotatable bonds is 2. The molecule has 92 valence electrons. The molecule has 1 unspecified atom stereocenters. The monoisotopic (exact) mass is 291 g/mol. The molecule has 1 aliphatic heterocycles. The molecule has 1 aromatic rings. The van der Waals surface area contributed by atoms with E-state index in [1.165, 1.54) is 12.1 Å². The number of hydrogen-bond donors (Lipinski definition) is 2. The van der Waals surface area contributed by atoms with Gasteiger partial charge in [0, 0.05) is 5.02 Å². The van der Waals surface area contributed by atoms with Crippen molar-refractivity contribution in [1.82, 2.24) is 0 Å². The highest BCUT2D eigenvalue weighted by Crippen LogP contribution is 2.36. The Morgan fingerprint density at radius 2 is 2.24 bits per heavy atom. The molecule has 17 heavy (non-hydrogen) atoms. The molecule has 6 heteroatoms. The van der Waals surface area contributed by atoms with Crippen molar-refractivity contribution in [2.45, 2.75) is 18.1 Å². The maximum Gasteiger partial charge on any atom is 0.237 e. The quantitative estimate of drug-likeness (QED) is 0.820. The molecular formula is C11H11Cl2NO2S. The third kappa shape index (κ3) is 3.00. The predicted octanol–water partition coefficient (Wildman–Crippen LogP) is 3.53. The van der Waals surface area contributed by atoms with Gasteiger partial charge in [0.05, 0.1) is 16.0 Å². The van der Waals surface area contributed by atoms with Crippen LogP contribution < -0.4 is 5.32 Å². The highest BCUT2D eigenvalue weighted by molar-refractivity contribution is 8.00. The lowest BCUT2D eigenvalue weighted by atomic mass is 10.2. The molecule has 0 aromatic heterocycles. The van der Waals surface area contributed by atoms with Crippen LogP contribution in [0.15, 0.2) is 12.1 Å². The molecule has 2 N–H and O–H groups in total. The van der Waals surface area contributed by atoms with Crippen LogP contribution in [0.2, 0.25) is 10.0 Å². The summed E-state index contributed by atoms with van der Waals surface area (Å²) in [6, 6.07) is 2.92. The van der Waals surface area contributed by atoms with Gasteiger partial charge >= 0.3 is 0 Å². The van der Waals surface area contributed by atoms with Crippen molar-refractivity contribution in [3.63, 3.8) is 0 Å². The average molecular weight is 292 g/mol. The minimum absolute atomic E-state index is 0.0489. The van der Waals surface area contributed by atoms with Gasteiger partial charge in [0.25, 0.3) is 0 Å². The zero-order chi connectivity index (χ0) is 12.4. The van der Waals surface area contributed by atoms with Crippen molar-refractivity contribution in [2.24, 2.45) is 0 Å². The van der Waals surface area contributed by atoms with E-state index in [9.17, 15) is 9.90 Å². The van der Waals surface area contributed by atoms with Crippen LogP contribution in [0.4, 0.5) is 5.69 Å². The number of halogens is 2. The first-order chi connectivity index (χ1) is 8.08. The summed E-state index contributed by atoms with van der Waals surface area (Å²) in [5, 5.41) is 12.8. The van der Waals surface area contributed by atoms with Crippen LogP contribution in [0, 0.1) is 0 Å². The highest BCUT2D eigenvalue weighted by Gasteiger charge is 2.24. The molecule has 0 bridgehead atoms. The smallest absolute Gasteiger partial charge is 0.237 e. The van der Waals surface area contributed by atoms with E-state index in [0.717, 1.165) is 18.6 Å². The van der Waals surface area contributed by atoms with Crippen molar-refractivity contribution >= 4 is 46.6 Å². The van der Waals surface area contributed by atoms with Crippen molar-refractivity contribution in [2.75, 3.05) is 11.1 Å². The number of phenolic OH excluding ortho intramolecular Hbond substituents is 1. The summed E-state index contributed by atoms with van der Waals surface area (Å²) in [7, 11) is 0. The fraction of sp³-hybridized carbons (Fsp3) is 0.364. The zero-order valence-electron chi connectivity index (χ0n) is 8.87. The second kappa shape index (κ2) is 5.38. The van der Waals surface area contributed by atoms with Gasteiger partial charge in [0.2, 0.25) is 5.91 Å². The molecule has 1 saturated heterocycles. The molecule has 0 radical (unpaired) electrons. The van der Waals surface area contributed by atoms with Crippen molar-refractivity contribution < 1.29 is 9.90 Å². The van der Waals surface area contributed by atoms with E-state index < -0.39 is 0 Å². The summed E-state index contributed by atoms with van der Waals surface area (Å²) in [6.07, 6.45) is 1.91. The standard InChI is InChI=1S/C11H11Cl2NO2S/c12-6-4-7(13)10(15)8(5-6)14-11(16)9-2-1-3-17-9/h4-5,9,15H,1-3H2,(H,14,16). The molecule has 1 fully saturated rings. The Morgan fingerprint density at radius 3 is 2.88 bits per heavy atom. The van der Waals surface area contributed by atoms with Crippen LogP contribution in [-0.4, -0.2) is 22.0 Å². The zero-order valence-corrected chi connectivity index (χ0v) is 11.2. The Bertz CT molecular complexity index is 447. The van der Waals surface area contributed by atoms with Gasteiger partial charge in [-0.1, -0.05) is 23.2 Å². The number of carbonyl (C=O) groups excluding carboxylic acids is 1. The largest absolute Gasteiger partial charge is 0.504 e. The van der Waals surface area contributed by atoms with Gasteiger partial charge in [-0.3, -0.25) is 4.79 Å². The van der Waals surface area contributed by atoms with Crippen LogP contribution in [0.25, 0.3) is 0 Å². The summed E-state index contributed by atoms with van der Waals surface area (Å²) in [5.74, 6) is 0.744. The number of amides is 1. The minimum Gasteiger partial charge on any atom is -0.504 e. The van der Waals surface area contributed by atoms with Gasteiger partial charge in [-0.15, -0.1) is 11.8 Å². The molecule has 1 aliphatic rings. The Kier molecular flexibility index (Phi) is 4.07. The number of phenols is 1. The summed E-state index contributed by atoms with van der Waals surface area (Å²) in [6.45, 7) is 0. The number of nitrogens with one attached hydrogen (secondary N) is 1. The number of benzene rings is 1. The lowest BCUT2D eigenvalue weighted by Gasteiger charge is -2.12. The van der Waals surface area contributed by atoms with E-state index in [0.29, 0.717) is 5.02 Å². The number of hydrogen-bond acceptors (Lipinski definition) is 3. The van der Waals surface area contributed by atoms with Crippen molar-refractivity contribution in [3.05, 3.63) is 22.2 Å². The Hall–Kier alpha value is -0.580. The van der Waals surface area contributed by atoms with Crippen molar-refractivity contribution in [1.29, 1.82) is 0 Å². The molecule has 0 aliphatic carbocycles. The van der Waals surface area contributed by atoms with E-state index >= 15 is 0 Å². The SMILES string of the molecule is O=C(Nc1cc(Cl)cc(Cl)c1O)C1CCCS1. The molecule has 1 heterocycles. The molecule has 0 saturated carbocycles. The Morgan fingerprint density at radius 1 is 1.47 bits per heavy atom. The first kappa shape index (κ1) is 12.9. The minimum atomic E-state index is -0.146. The first-order valence-corrected chi connectivity index (χ1v) is 6.99. The Balaban J connectivity index is 2.15. The summed E-state index contributed by atoms with van der Waals surface area (Å²) >= 11 is 13.2.